The molecule has 0 aliphatic carbocycles. The van der Waals surface area contributed by atoms with Gasteiger partial charge in [0.15, 0.2) is 5.82 Å². The van der Waals surface area contributed by atoms with Gasteiger partial charge < -0.3 is 0 Å². The van der Waals surface area contributed by atoms with E-state index in [1.807, 2.05) is 36.4 Å². The van der Waals surface area contributed by atoms with Crippen molar-refractivity contribution in [1.82, 2.24) is 25.2 Å². The van der Waals surface area contributed by atoms with Crippen molar-refractivity contribution in [3.63, 3.8) is 0 Å². The smallest absolute Gasteiger partial charge is 0.183 e. The lowest BCUT2D eigenvalue weighted by molar-refractivity contribution is 0.652. The summed E-state index contributed by atoms with van der Waals surface area (Å²) in [5.41, 5.74) is 1.85. The van der Waals surface area contributed by atoms with Gasteiger partial charge in [0.05, 0.1) is 11.6 Å². The summed E-state index contributed by atoms with van der Waals surface area (Å²) in [5.74, 6) is 0.648. The lowest BCUT2D eigenvalue weighted by Gasteiger charge is -2.05. The zero-order valence-electron chi connectivity index (χ0n) is 10.3. The van der Waals surface area contributed by atoms with Gasteiger partial charge in [0, 0.05) is 18.0 Å². The molecule has 0 fully saturated rings. The number of hydrogen-bond acceptors (Lipinski definition) is 4. The topological polar surface area (TPSA) is 56.5 Å². The average molecular weight is 308 g/mol. The first-order valence-corrected chi connectivity index (χ1v) is 6.12. The van der Waals surface area contributed by atoms with Crippen LogP contribution in [0.1, 0.15) is 5.56 Å². The Morgan fingerprint density at radius 3 is 2.70 bits per heavy atom. The number of tetrazole rings is 1. The van der Waals surface area contributed by atoms with E-state index in [0.29, 0.717) is 17.4 Å². The van der Waals surface area contributed by atoms with Gasteiger partial charge in [-0.1, -0.05) is 29.8 Å². The lowest BCUT2D eigenvalue weighted by Crippen LogP contribution is -2.04. The molecule has 3 aromatic rings. The standard InChI is InChI=1S/C13H10ClN5.ClH/c14-12-6-2-1-5-11(12)13-16-17-18-19(13)9-10-4-3-7-15-8-10;/h1-8H,9H2;1H. The van der Waals surface area contributed by atoms with Crippen LogP contribution in [-0.4, -0.2) is 25.2 Å². The van der Waals surface area contributed by atoms with E-state index in [4.69, 9.17) is 11.6 Å². The van der Waals surface area contributed by atoms with Crippen molar-refractivity contribution in [3.05, 3.63) is 59.4 Å². The van der Waals surface area contributed by atoms with E-state index in [1.165, 1.54) is 0 Å². The van der Waals surface area contributed by atoms with Gasteiger partial charge >= 0.3 is 0 Å². The zero-order chi connectivity index (χ0) is 13.1. The molecule has 0 saturated heterocycles. The fourth-order valence-electron chi connectivity index (χ4n) is 1.81. The fourth-order valence-corrected chi connectivity index (χ4v) is 2.03. The van der Waals surface area contributed by atoms with Crippen molar-refractivity contribution >= 4 is 24.0 Å². The van der Waals surface area contributed by atoms with Crippen molar-refractivity contribution < 1.29 is 0 Å². The monoisotopic (exact) mass is 307 g/mol. The van der Waals surface area contributed by atoms with Crippen LogP contribution in [0.3, 0.4) is 0 Å². The van der Waals surface area contributed by atoms with Gasteiger partial charge in [0.2, 0.25) is 0 Å². The van der Waals surface area contributed by atoms with Crippen molar-refractivity contribution in [3.8, 4) is 11.4 Å². The number of hydrogen-bond donors (Lipinski definition) is 0. The maximum atomic E-state index is 6.17. The van der Waals surface area contributed by atoms with Crippen LogP contribution in [0.4, 0.5) is 0 Å². The van der Waals surface area contributed by atoms with E-state index in [-0.39, 0.29) is 12.4 Å². The number of nitrogens with zero attached hydrogens (tertiary/aromatic N) is 5. The second-order valence-electron chi connectivity index (χ2n) is 4.00. The minimum atomic E-state index is 0. The molecule has 2 heterocycles. The number of halogens is 2. The van der Waals surface area contributed by atoms with Crippen LogP contribution in [0.2, 0.25) is 5.02 Å². The number of pyridine rings is 1. The van der Waals surface area contributed by atoms with Crippen molar-refractivity contribution in [2.24, 2.45) is 0 Å². The Labute approximate surface area is 127 Å². The highest BCUT2D eigenvalue weighted by molar-refractivity contribution is 6.33. The maximum absolute atomic E-state index is 6.17. The summed E-state index contributed by atoms with van der Waals surface area (Å²) in [6.07, 6.45) is 3.52. The molecule has 0 N–H and O–H groups in total. The molecule has 0 bridgehead atoms. The summed E-state index contributed by atoms with van der Waals surface area (Å²) < 4.78 is 1.71. The molecule has 0 radical (unpaired) electrons. The largest absolute Gasteiger partial charge is 0.264 e. The van der Waals surface area contributed by atoms with E-state index in [0.717, 1.165) is 11.1 Å². The van der Waals surface area contributed by atoms with Crippen molar-refractivity contribution in [2.75, 3.05) is 0 Å². The first-order chi connectivity index (χ1) is 9.34. The van der Waals surface area contributed by atoms with E-state index in [1.54, 1.807) is 17.1 Å². The lowest BCUT2D eigenvalue weighted by atomic mass is 10.2. The molecule has 0 aliphatic heterocycles. The Hall–Kier alpha value is -1.98. The first-order valence-electron chi connectivity index (χ1n) is 5.74. The molecule has 7 heteroatoms. The quantitative estimate of drug-likeness (QED) is 0.746. The average Bonchev–Trinajstić information content (AvgIpc) is 2.88. The molecule has 0 atom stereocenters. The zero-order valence-corrected chi connectivity index (χ0v) is 11.9. The van der Waals surface area contributed by atoms with Gasteiger partial charge in [-0.05, 0) is 34.2 Å². The molecular formula is C13H11Cl2N5. The molecular weight excluding hydrogens is 297 g/mol. The van der Waals surface area contributed by atoms with Crippen LogP contribution in [0, 0.1) is 0 Å². The molecule has 1 aromatic carbocycles. The van der Waals surface area contributed by atoms with E-state index in [9.17, 15) is 0 Å². The van der Waals surface area contributed by atoms with Crippen LogP contribution in [0.5, 0.6) is 0 Å². The first kappa shape index (κ1) is 14.4. The second kappa shape index (κ2) is 6.45. The van der Waals surface area contributed by atoms with Gasteiger partial charge in [0.25, 0.3) is 0 Å². The van der Waals surface area contributed by atoms with Gasteiger partial charge in [-0.2, -0.15) is 0 Å². The molecule has 5 nitrogen and oxygen atoms in total. The highest BCUT2D eigenvalue weighted by Gasteiger charge is 2.12. The molecule has 0 unspecified atom stereocenters. The molecule has 0 saturated carbocycles. The van der Waals surface area contributed by atoms with Crippen LogP contribution in [-0.2, 0) is 6.54 Å². The van der Waals surface area contributed by atoms with Crippen LogP contribution < -0.4 is 0 Å². The maximum Gasteiger partial charge on any atom is 0.183 e. The fraction of sp³-hybridized carbons (Fsp3) is 0.0769. The molecule has 0 spiro atoms. The van der Waals surface area contributed by atoms with E-state index >= 15 is 0 Å². The van der Waals surface area contributed by atoms with Crippen LogP contribution >= 0.6 is 24.0 Å². The molecule has 3 rings (SSSR count). The minimum Gasteiger partial charge on any atom is -0.264 e. The summed E-state index contributed by atoms with van der Waals surface area (Å²) in [5, 5.41) is 12.4. The predicted molar refractivity (Wildman–Crippen MR) is 78.9 cm³/mol. The van der Waals surface area contributed by atoms with Crippen molar-refractivity contribution in [1.29, 1.82) is 0 Å². The number of benzene rings is 1. The van der Waals surface area contributed by atoms with Gasteiger partial charge in [-0.25, -0.2) is 4.68 Å². The van der Waals surface area contributed by atoms with Crippen LogP contribution in [0.15, 0.2) is 48.8 Å². The Bertz CT molecular complexity index is 684. The Kier molecular flexibility index (Phi) is 4.65. The predicted octanol–water partition coefficient (Wildman–Crippen LogP) is 2.86. The van der Waals surface area contributed by atoms with Gasteiger partial charge in [-0.3, -0.25) is 4.98 Å². The van der Waals surface area contributed by atoms with Gasteiger partial charge in [-0.15, -0.1) is 17.5 Å². The Balaban J connectivity index is 0.00000147. The van der Waals surface area contributed by atoms with E-state index < -0.39 is 0 Å². The van der Waals surface area contributed by atoms with Crippen LogP contribution in [0.25, 0.3) is 11.4 Å². The van der Waals surface area contributed by atoms with E-state index in [2.05, 4.69) is 20.5 Å². The highest BCUT2D eigenvalue weighted by atomic mass is 35.5. The summed E-state index contributed by atoms with van der Waals surface area (Å²) in [7, 11) is 0. The summed E-state index contributed by atoms with van der Waals surface area (Å²) in [6.45, 7) is 0.557. The molecule has 0 amide bonds. The SMILES string of the molecule is Cl.Clc1ccccc1-c1nnnn1Cc1cccnc1. The Morgan fingerprint density at radius 1 is 1.10 bits per heavy atom. The van der Waals surface area contributed by atoms with Gasteiger partial charge in [0.1, 0.15) is 0 Å². The summed E-state index contributed by atoms with van der Waals surface area (Å²) in [4.78, 5) is 4.08. The minimum absolute atomic E-state index is 0. The second-order valence-corrected chi connectivity index (χ2v) is 4.41. The van der Waals surface area contributed by atoms with Crippen molar-refractivity contribution in [2.45, 2.75) is 6.54 Å². The molecule has 20 heavy (non-hydrogen) atoms. The third-order valence-electron chi connectivity index (χ3n) is 2.70. The molecule has 2 aromatic heterocycles. The number of rotatable bonds is 3. The third-order valence-corrected chi connectivity index (χ3v) is 3.03. The summed E-state index contributed by atoms with van der Waals surface area (Å²) in [6, 6.07) is 11.4. The highest BCUT2D eigenvalue weighted by Crippen LogP contribution is 2.25. The Morgan fingerprint density at radius 2 is 1.95 bits per heavy atom. The molecule has 0 aliphatic rings. The summed E-state index contributed by atoms with van der Waals surface area (Å²) >= 11 is 6.17. The third kappa shape index (κ3) is 2.95. The molecule has 102 valence electrons. The number of aromatic nitrogens is 5. The normalized spacial score (nSPS) is 10.1.